The monoisotopic (exact) mass is 240 g/mol. The lowest BCUT2D eigenvalue weighted by molar-refractivity contribution is -0.131. The van der Waals surface area contributed by atoms with Gasteiger partial charge in [-0.05, 0) is 23.6 Å². The number of benzene rings is 1. The first-order valence-corrected chi connectivity index (χ1v) is 5.03. The molecule has 0 bridgehead atoms. The zero-order chi connectivity index (χ0) is 13.2. The summed E-state index contributed by atoms with van der Waals surface area (Å²) in [5.74, 6) is -3.90. The van der Waals surface area contributed by atoms with Crippen molar-refractivity contribution in [3.8, 4) is 5.75 Å². The number of carbonyl (C=O) groups excluding carboxylic acids is 1. The second-order valence-electron chi connectivity index (χ2n) is 3.87. The quantitative estimate of drug-likeness (QED) is 0.647. The number of ketones is 1. The summed E-state index contributed by atoms with van der Waals surface area (Å²) >= 11 is 0. The summed E-state index contributed by atoms with van der Waals surface area (Å²) in [5.41, 5.74) is 0.289. The Kier molecular flexibility index (Phi) is 3.83. The molecule has 5 heteroatoms. The lowest BCUT2D eigenvalue weighted by Crippen LogP contribution is -2.15. The van der Waals surface area contributed by atoms with Crippen LogP contribution in [-0.2, 0) is 4.79 Å². The van der Waals surface area contributed by atoms with Crippen LogP contribution < -0.4 is 4.74 Å². The van der Waals surface area contributed by atoms with Crippen LogP contribution >= 0.6 is 0 Å². The number of Topliss-reactive ketones (excluding diaryl/α,β-unsaturated/α-hetero) is 1. The molecule has 0 radical (unpaired) electrons. The van der Waals surface area contributed by atoms with Gasteiger partial charge in [0.1, 0.15) is 0 Å². The van der Waals surface area contributed by atoms with Crippen LogP contribution in [0.2, 0.25) is 0 Å². The van der Waals surface area contributed by atoms with E-state index >= 15 is 0 Å². The van der Waals surface area contributed by atoms with Crippen LogP contribution in [0.15, 0.2) is 12.1 Å². The van der Waals surface area contributed by atoms with Gasteiger partial charge in [-0.15, -0.1) is 0 Å². The van der Waals surface area contributed by atoms with Crippen molar-refractivity contribution in [1.82, 2.24) is 0 Å². The summed E-state index contributed by atoms with van der Waals surface area (Å²) in [6.45, 7) is 3.63. The minimum atomic E-state index is -1.64. The molecule has 0 fully saturated rings. The maximum atomic E-state index is 13.6. The van der Waals surface area contributed by atoms with Crippen molar-refractivity contribution in [2.45, 2.75) is 19.8 Å². The van der Waals surface area contributed by atoms with Gasteiger partial charge in [-0.2, -0.15) is 0 Å². The first-order valence-electron chi connectivity index (χ1n) is 5.03. The molecule has 1 N–H and O–H groups in total. The van der Waals surface area contributed by atoms with Gasteiger partial charge >= 0.3 is 5.97 Å². The van der Waals surface area contributed by atoms with Crippen molar-refractivity contribution in [3.63, 3.8) is 0 Å². The summed E-state index contributed by atoms with van der Waals surface area (Å²) in [7, 11) is 1.19. The number of hydrogen-bond donors (Lipinski definition) is 1. The Morgan fingerprint density at radius 2 is 1.94 bits per heavy atom. The number of hydrogen-bond acceptors (Lipinski definition) is 3. The molecular weight excluding hydrogens is 227 g/mol. The van der Waals surface area contributed by atoms with Gasteiger partial charge in [-0.1, -0.05) is 13.8 Å². The molecule has 0 aliphatic rings. The van der Waals surface area contributed by atoms with Crippen molar-refractivity contribution in [2.75, 3.05) is 7.11 Å². The molecule has 0 saturated heterocycles. The molecule has 0 aliphatic heterocycles. The van der Waals surface area contributed by atoms with Crippen molar-refractivity contribution in [1.29, 1.82) is 0 Å². The third kappa shape index (κ3) is 2.61. The Labute approximate surface area is 98.0 Å². The van der Waals surface area contributed by atoms with Crippen molar-refractivity contribution in [3.05, 3.63) is 29.1 Å². The van der Waals surface area contributed by atoms with E-state index in [0.717, 1.165) is 0 Å². The highest BCUT2D eigenvalue weighted by Gasteiger charge is 2.23. The highest BCUT2D eigenvalue weighted by Crippen LogP contribution is 2.28. The Morgan fingerprint density at radius 3 is 2.35 bits per heavy atom. The van der Waals surface area contributed by atoms with Gasteiger partial charge in [-0.25, -0.2) is 9.18 Å². The minimum absolute atomic E-state index is 0.0178. The molecule has 92 valence electrons. The predicted molar refractivity (Wildman–Crippen MR) is 59.0 cm³/mol. The average molecular weight is 240 g/mol. The fourth-order valence-corrected chi connectivity index (χ4v) is 1.44. The molecule has 0 spiro atoms. The van der Waals surface area contributed by atoms with Gasteiger partial charge in [0.25, 0.3) is 5.78 Å². The smallest absolute Gasteiger partial charge is 0.377 e. The van der Waals surface area contributed by atoms with E-state index in [4.69, 9.17) is 9.84 Å². The SMILES string of the molecule is COc1c(F)cc(C(C)C)cc1C(=O)C(=O)O. The van der Waals surface area contributed by atoms with Crippen LogP contribution in [0.5, 0.6) is 5.75 Å². The molecular formula is C12H13FO4. The van der Waals surface area contributed by atoms with Crippen molar-refractivity contribution < 1.29 is 23.8 Å². The zero-order valence-corrected chi connectivity index (χ0v) is 9.78. The topological polar surface area (TPSA) is 63.6 Å². The van der Waals surface area contributed by atoms with Gasteiger partial charge in [0, 0.05) is 0 Å². The summed E-state index contributed by atoms with van der Waals surface area (Å²) in [5, 5.41) is 8.65. The first kappa shape index (κ1) is 13.2. The lowest BCUT2D eigenvalue weighted by Gasteiger charge is -2.11. The Bertz CT molecular complexity index is 466. The Balaban J connectivity index is 3.44. The van der Waals surface area contributed by atoms with Crippen molar-refractivity contribution in [2.24, 2.45) is 0 Å². The molecule has 17 heavy (non-hydrogen) atoms. The standard InChI is InChI=1S/C12H13FO4/c1-6(2)7-4-8(10(14)12(15)16)11(17-3)9(13)5-7/h4-6H,1-3H3,(H,15,16). The van der Waals surface area contributed by atoms with Crippen molar-refractivity contribution >= 4 is 11.8 Å². The molecule has 0 aliphatic carbocycles. The van der Waals surface area contributed by atoms with Crippen LogP contribution in [0.3, 0.4) is 0 Å². The highest BCUT2D eigenvalue weighted by molar-refractivity contribution is 6.40. The second-order valence-corrected chi connectivity index (χ2v) is 3.87. The number of carboxylic acids is 1. The predicted octanol–water partition coefficient (Wildman–Crippen LogP) is 2.22. The van der Waals surface area contributed by atoms with E-state index in [1.165, 1.54) is 19.2 Å². The van der Waals surface area contributed by atoms with Gasteiger partial charge in [-0.3, -0.25) is 4.79 Å². The van der Waals surface area contributed by atoms with Crippen LogP contribution in [0.1, 0.15) is 35.7 Å². The number of halogens is 1. The maximum absolute atomic E-state index is 13.6. The minimum Gasteiger partial charge on any atom is -0.493 e. The number of methoxy groups -OCH3 is 1. The summed E-state index contributed by atoms with van der Waals surface area (Å²) < 4.78 is 18.3. The van der Waals surface area contributed by atoms with Crippen LogP contribution in [0.4, 0.5) is 4.39 Å². The largest absolute Gasteiger partial charge is 0.493 e. The normalized spacial score (nSPS) is 10.4. The molecule has 0 heterocycles. The number of ether oxygens (including phenoxy) is 1. The van der Waals surface area contributed by atoms with Crippen LogP contribution in [-0.4, -0.2) is 24.0 Å². The summed E-state index contributed by atoms with van der Waals surface area (Å²) in [6.07, 6.45) is 0. The Morgan fingerprint density at radius 1 is 1.35 bits per heavy atom. The van der Waals surface area contributed by atoms with Crippen LogP contribution in [0.25, 0.3) is 0 Å². The molecule has 0 aromatic heterocycles. The van der Waals surface area contributed by atoms with E-state index in [2.05, 4.69) is 0 Å². The first-order chi connectivity index (χ1) is 7.88. The molecule has 1 aromatic rings. The molecule has 0 saturated carbocycles. The molecule has 1 aromatic carbocycles. The van der Waals surface area contributed by atoms with Gasteiger partial charge in [0.15, 0.2) is 11.6 Å². The lowest BCUT2D eigenvalue weighted by atomic mass is 9.98. The highest BCUT2D eigenvalue weighted by atomic mass is 19.1. The number of aliphatic carboxylic acids is 1. The molecule has 0 unspecified atom stereocenters. The molecule has 0 amide bonds. The second kappa shape index (κ2) is 4.95. The molecule has 1 rings (SSSR count). The number of rotatable bonds is 4. The molecule has 0 atom stereocenters. The number of carbonyl (C=O) groups is 2. The van der Waals surface area contributed by atoms with E-state index in [1.807, 2.05) is 13.8 Å². The maximum Gasteiger partial charge on any atom is 0.377 e. The fourth-order valence-electron chi connectivity index (χ4n) is 1.44. The third-order valence-corrected chi connectivity index (χ3v) is 2.38. The number of carboxylic acid groups (broad SMARTS) is 1. The Hall–Kier alpha value is -1.91. The fraction of sp³-hybridized carbons (Fsp3) is 0.333. The summed E-state index contributed by atoms with van der Waals surface area (Å²) in [4.78, 5) is 22.0. The van der Waals surface area contributed by atoms with Crippen LogP contribution in [0, 0.1) is 5.82 Å². The van der Waals surface area contributed by atoms with Gasteiger partial charge in [0.2, 0.25) is 0 Å². The van der Waals surface area contributed by atoms with E-state index in [0.29, 0.717) is 5.56 Å². The van der Waals surface area contributed by atoms with E-state index in [9.17, 15) is 14.0 Å². The third-order valence-electron chi connectivity index (χ3n) is 2.38. The average Bonchev–Trinajstić information content (AvgIpc) is 2.26. The van der Waals surface area contributed by atoms with Gasteiger partial charge < -0.3 is 9.84 Å². The summed E-state index contributed by atoms with van der Waals surface area (Å²) in [6, 6.07) is 2.59. The van der Waals surface area contributed by atoms with E-state index in [1.54, 1.807) is 0 Å². The zero-order valence-electron chi connectivity index (χ0n) is 9.78. The van der Waals surface area contributed by atoms with E-state index < -0.39 is 17.6 Å². The van der Waals surface area contributed by atoms with Gasteiger partial charge in [0.05, 0.1) is 12.7 Å². The van der Waals surface area contributed by atoms with E-state index in [-0.39, 0.29) is 17.2 Å². The molecule has 4 nitrogen and oxygen atoms in total.